The lowest BCUT2D eigenvalue weighted by Crippen LogP contribution is -2.54. The van der Waals surface area contributed by atoms with Gasteiger partial charge in [0.05, 0.1) is 0 Å². The Morgan fingerprint density at radius 2 is 1.95 bits per heavy atom. The Balaban J connectivity index is 0.951. The first kappa shape index (κ1) is 29.0. The summed E-state index contributed by atoms with van der Waals surface area (Å²) >= 11 is 6.30. The largest absolute Gasteiger partial charge is 0.349 e. The molecule has 8 heteroatoms. The molecule has 3 heterocycles. The number of nitrogens with one attached hydrogen (secondary N) is 2. The highest BCUT2D eigenvalue weighted by atomic mass is 35.5. The number of piperidine rings is 1. The van der Waals surface area contributed by atoms with Crippen LogP contribution in [0.5, 0.6) is 0 Å². The van der Waals surface area contributed by atoms with Crippen LogP contribution in [0.4, 0.5) is 0 Å². The van der Waals surface area contributed by atoms with Crippen LogP contribution >= 0.6 is 11.6 Å². The van der Waals surface area contributed by atoms with Crippen molar-refractivity contribution in [1.82, 2.24) is 30.3 Å². The summed E-state index contributed by atoms with van der Waals surface area (Å²) < 4.78 is 2.09. The van der Waals surface area contributed by atoms with Crippen molar-refractivity contribution in [1.29, 1.82) is 0 Å². The van der Waals surface area contributed by atoms with Gasteiger partial charge in [0.2, 0.25) is 5.91 Å². The Morgan fingerprint density at radius 1 is 1.11 bits per heavy atom. The number of hydrogen-bond donors (Lipinski definition) is 2. The molecule has 0 radical (unpaired) electrons. The van der Waals surface area contributed by atoms with Crippen molar-refractivity contribution >= 4 is 17.5 Å². The Labute approximate surface area is 266 Å². The van der Waals surface area contributed by atoms with E-state index in [1.54, 1.807) is 6.33 Å². The van der Waals surface area contributed by atoms with Crippen LogP contribution in [-0.2, 0) is 17.9 Å². The first-order valence-electron chi connectivity index (χ1n) is 17.2. The van der Waals surface area contributed by atoms with Crippen molar-refractivity contribution in [2.24, 2.45) is 23.2 Å². The Hall–Kier alpha value is -2.48. The van der Waals surface area contributed by atoms with E-state index in [1.165, 1.54) is 56.1 Å². The average molecular weight is 615 g/mol. The molecule has 5 atom stereocenters. The van der Waals surface area contributed by atoms with Crippen LogP contribution in [-0.4, -0.2) is 56.3 Å². The van der Waals surface area contributed by atoms with E-state index >= 15 is 0 Å². The smallest absolute Gasteiger partial charge is 0.241 e. The zero-order chi connectivity index (χ0) is 29.8. The number of carbonyl (C=O) groups is 1. The standard InChI is InChI=1S/C36H47ClN6O/c37-29-12-10-26(11-13-29)31-20-35(31,41-33(44)36-21-32(36)30-9-5-4-6-27(30)22-39-36)16-19-42-17-14-34(15-18-42,23-43-25-38-24-40-43)28-7-2-1-3-8-28/h4-6,9-10,12-13,24-26,28,31-32,39H,1-3,7-8,11,14-23H2,(H,41,44)/t26?,31?,32-,35?,36?/m0/s1. The van der Waals surface area contributed by atoms with E-state index in [-0.39, 0.29) is 17.4 Å². The predicted molar refractivity (Wildman–Crippen MR) is 173 cm³/mol. The highest BCUT2D eigenvalue weighted by molar-refractivity contribution is 6.31. The second-order valence-corrected chi connectivity index (χ2v) is 15.4. The number of carbonyl (C=O) groups excluding carboxylic acids is 1. The quantitative estimate of drug-likeness (QED) is 0.366. The van der Waals surface area contributed by atoms with E-state index in [1.807, 2.05) is 6.33 Å². The van der Waals surface area contributed by atoms with Gasteiger partial charge in [0.15, 0.2) is 0 Å². The molecule has 234 valence electrons. The molecule has 44 heavy (non-hydrogen) atoms. The monoisotopic (exact) mass is 614 g/mol. The topological polar surface area (TPSA) is 75.1 Å². The summed E-state index contributed by atoms with van der Waals surface area (Å²) in [6.07, 6.45) is 23.3. The van der Waals surface area contributed by atoms with Crippen LogP contribution in [0.1, 0.15) is 87.7 Å². The summed E-state index contributed by atoms with van der Waals surface area (Å²) in [5.41, 5.74) is 2.44. The number of aromatic nitrogens is 3. The Morgan fingerprint density at radius 3 is 2.73 bits per heavy atom. The summed E-state index contributed by atoms with van der Waals surface area (Å²) in [7, 11) is 0. The summed E-state index contributed by atoms with van der Waals surface area (Å²) in [4.78, 5) is 21.1. The van der Waals surface area contributed by atoms with Crippen LogP contribution in [0.15, 0.2) is 60.2 Å². The summed E-state index contributed by atoms with van der Waals surface area (Å²) in [5, 5.41) is 12.7. The number of allylic oxidation sites excluding steroid dienone is 4. The van der Waals surface area contributed by atoms with Gasteiger partial charge in [-0.25, -0.2) is 4.98 Å². The minimum absolute atomic E-state index is 0.136. The average Bonchev–Trinajstić information content (AvgIpc) is 3.93. The van der Waals surface area contributed by atoms with Gasteiger partial charge in [0.25, 0.3) is 0 Å². The van der Waals surface area contributed by atoms with Gasteiger partial charge >= 0.3 is 0 Å². The summed E-state index contributed by atoms with van der Waals surface area (Å²) in [6, 6.07) is 8.64. The van der Waals surface area contributed by atoms with Gasteiger partial charge in [-0.05, 0) is 105 Å². The van der Waals surface area contributed by atoms with E-state index in [4.69, 9.17) is 11.6 Å². The first-order valence-corrected chi connectivity index (χ1v) is 17.6. The summed E-state index contributed by atoms with van der Waals surface area (Å²) in [5.74, 6) is 2.20. The lowest BCUT2D eigenvalue weighted by atomic mass is 9.63. The molecule has 2 aliphatic heterocycles. The second kappa shape index (κ2) is 11.4. The van der Waals surface area contributed by atoms with E-state index in [9.17, 15) is 4.79 Å². The number of fused-ring (bicyclic) bond motifs is 3. The SMILES string of the molecule is O=C(NC1(CCN2CCC(Cn3cncn3)(C3CCCCC3)CC2)CC1C1C=CC(Cl)=CC1)C12C[C@H]1c1ccccc1CN2. The van der Waals surface area contributed by atoms with Crippen LogP contribution in [0.3, 0.4) is 0 Å². The number of benzene rings is 1. The molecule has 1 aromatic heterocycles. The maximum Gasteiger partial charge on any atom is 0.241 e. The molecular weight excluding hydrogens is 568 g/mol. The fourth-order valence-corrected chi connectivity index (χ4v) is 9.88. The molecular formula is C36H47ClN6O. The van der Waals surface area contributed by atoms with E-state index in [0.717, 1.165) is 69.4 Å². The zero-order valence-electron chi connectivity index (χ0n) is 25.9. The fourth-order valence-electron chi connectivity index (χ4n) is 9.72. The number of nitrogens with zero attached hydrogens (tertiary/aromatic N) is 4. The third-order valence-corrected chi connectivity index (χ3v) is 12.9. The normalized spacial score (nSPS) is 34.5. The molecule has 8 rings (SSSR count). The van der Waals surface area contributed by atoms with Crippen molar-refractivity contribution in [3.63, 3.8) is 0 Å². The molecule has 1 amide bonds. The molecule has 6 aliphatic rings. The first-order chi connectivity index (χ1) is 21.5. The molecule has 1 aromatic carbocycles. The molecule has 2 aromatic rings. The molecule has 4 fully saturated rings. The summed E-state index contributed by atoms with van der Waals surface area (Å²) in [6.45, 7) is 5.08. The van der Waals surface area contributed by atoms with Gasteiger partial charge in [0, 0.05) is 36.1 Å². The minimum atomic E-state index is -0.438. The second-order valence-electron chi connectivity index (χ2n) is 14.9. The lowest BCUT2D eigenvalue weighted by molar-refractivity contribution is -0.125. The van der Waals surface area contributed by atoms with Crippen LogP contribution in [0.25, 0.3) is 0 Å². The Kier molecular flexibility index (Phi) is 7.50. The zero-order valence-corrected chi connectivity index (χ0v) is 26.7. The number of likely N-dealkylation sites (tertiary alicyclic amines) is 1. The van der Waals surface area contributed by atoms with Gasteiger partial charge in [-0.2, -0.15) is 5.10 Å². The van der Waals surface area contributed by atoms with Crippen LogP contribution < -0.4 is 10.6 Å². The van der Waals surface area contributed by atoms with Gasteiger partial charge in [0.1, 0.15) is 18.2 Å². The minimum Gasteiger partial charge on any atom is -0.349 e. The van der Waals surface area contributed by atoms with Gasteiger partial charge in [-0.15, -0.1) is 0 Å². The number of halogens is 1. The van der Waals surface area contributed by atoms with Gasteiger partial charge in [-0.3, -0.25) is 14.8 Å². The van der Waals surface area contributed by atoms with Crippen molar-refractivity contribution in [2.45, 2.75) is 101 Å². The lowest BCUT2D eigenvalue weighted by Gasteiger charge is -2.48. The third kappa shape index (κ3) is 5.27. The molecule has 0 spiro atoms. The highest BCUT2D eigenvalue weighted by Crippen LogP contribution is 2.58. The molecule has 1 saturated heterocycles. The predicted octanol–water partition coefficient (Wildman–Crippen LogP) is 5.93. The van der Waals surface area contributed by atoms with Crippen molar-refractivity contribution in [2.75, 3.05) is 19.6 Å². The highest BCUT2D eigenvalue weighted by Gasteiger charge is 2.66. The molecule has 3 saturated carbocycles. The molecule has 7 nitrogen and oxygen atoms in total. The molecule has 4 unspecified atom stereocenters. The third-order valence-electron chi connectivity index (χ3n) is 12.6. The maximum atomic E-state index is 14.1. The van der Waals surface area contributed by atoms with E-state index in [2.05, 4.69) is 72.8 Å². The van der Waals surface area contributed by atoms with Crippen LogP contribution in [0.2, 0.25) is 0 Å². The Bertz CT molecular complexity index is 1420. The fraction of sp³-hybridized carbons (Fsp3) is 0.639. The van der Waals surface area contributed by atoms with Gasteiger partial charge in [-0.1, -0.05) is 67.3 Å². The molecule has 4 aliphatic carbocycles. The van der Waals surface area contributed by atoms with E-state index in [0.29, 0.717) is 17.3 Å². The van der Waals surface area contributed by atoms with Gasteiger partial charge < -0.3 is 10.2 Å². The van der Waals surface area contributed by atoms with Crippen LogP contribution in [0, 0.1) is 23.2 Å². The number of amides is 1. The number of hydrogen-bond acceptors (Lipinski definition) is 5. The molecule has 2 N–H and O–H groups in total. The van der Waals surface area contributed by atoms with E-state index < -0.39 is 5.54 Å². The van der Waals surface area contributed by atoms with Crippen molar-refractivity contribution in [3.05, 3.63) is 71.3 Å². The van der Waals surface area contributed by atoms with Crippen molar-refractivity contribution in [3.8, 4) is 0 Å². The maximum absolute atomic E-state index is 14.1. The number of rotatable bonds is 9. The molecule has 0 bridgehead atoms. The van der Waals surface area contributed by atoms with Crippen molar-refractivity contribution < 1.29 is 4.79 Å².